The molecule has 0 aromatic rings. The first-order valence-corrected chi connectivity index (χ1v) is 9.10. The predicted octanol–water partition coefficient (Wildman–Crippen LogP) is 2.47. The van der Waals surface area contributed by atoms with E-state index in [2.05, 4.69) is 22.0 Å². The standard InChI is InChI=1S/C17H33N3/c1-2-10-18-16-8-4-3-5-9-17(16)20-13-12-19-11-6-7-15(19)14-20/h15-18H,2-14H2,1H3. The average Bonchev–Trinajstić information content (AvgIpc) is 2.82. The second-order valence-corrected chi connectivity index (χ2v) is 7.09. The van der Waals surface area contributed by atoms with E-state index in [1.54, 1.807) is 0 Å². The molecule has 0 amide bonds. The third-order valence-corrected chi connectivity index (χ3v) is 5.72. The Labute approximate surface area is 125 Å². The SMILES string of the molecule is CCCNC1CCCCCC1N1CCN2CCCC2C1. The number of nitrogens with zero attached hydrogens (tertiary/aromatic N) is 2. The molecule has 3 rings (SSSR count). The van der Waals surface area contributed by atoms with Gasteiger partial charge in [0.1, 0.15) is 0 Å². The molecule has 116 valence electrons. The molecule has 3 aliphatic rings. The zero-order valence-corrected chi connectivity index (χ0v) is 13.3. The molecule has 3 nitrogen and oxygen atoms in total. The zero-order valence-electron chi connectivity index (χ0n) is 13.3. The lowest BCUT2D eigenvalue weighted by molar-refractivity contribution is 0.0537. The molecule has 2 aliphatic heterocycles. The molecule has 0 spiro atoms. The van der Waals surface area contributed by atoms with Crippen molar-refractivity contribution in [3.05, 3.63) is 0 Å². The highest BCUT2D eigenvalue weighted by atomic mass is 15.3. The van der Waals surface area contributed by atoms with Crippen LogP contribution in [0.3, 0.4) is 0 Å². The molecule has 1 saturated carbocycles. The number of nitrogens with one attached hydrogen (secondary N) is 1. The van der Waals surface area contributed by atoms with Gasteiger partial charge in [-0.1, -0.05) is 26.2 Å². The highest BCUT2D eigenvalue weighted by Crippen LogP contribution is 2.28. The van der Waals surface area contributed by atoms with Crippen molar-refractivity contribution >= 4 is 0 Å². The van der Waals surface area contributed by atoms with Gasteiger partial charge in [0.25, 0.3) is 0 Å². The first kappa shape index (κ1) is 14.8. The lowest BCUT2D eigenvalue weighted by atomic mass is 9.98. The quantitative estimate of drug-likeness (QED) is 0.798. The predicted molar refractivity (Wildman–Crippen MR) is 85.1 cm³/mol. The highest BCUT2D eigenvalue weighted by molar-refractivity contribution is 4.93. The summed E-state index contributed by atoms with van der Waals surface area (Å²) in [5, 5.41) is 3.86. The number of rotatable bonds is 4. The Morgan fingerprint density at radius 3 is 2.65 bits per heavy atom. The van der Waals surface area contributed by atoms with E-state index in [4.69, 9.17) is 0 Å². The van der Waals surface area contributed by atoms with E-state index in [0.29, 0.717) is 0 Å². The Hall–Kier alpha value is -0.120. The largest absolute Gasteiger partial charge is 0.312 e. The Morgan fingerprint density at radius 2 is 1.75 bits per heavy atom. The lowest BCUT2D eigenvalue weighted by Gasteiger charge is -2.44. The van der Waals surface area contributed by atoms with Crippen molar-refractivity contribution in [3.63, 3.8) is 0 Å². The fraction of sp³-hybridized carbons (Fsp3) is 1.00. The minimum Gasteiger partial charge on any atom is -0.312 e. The summed E-state index contributed by atoms with van der Waals surface area (Å²) in [5.41, 5.74) is 0. The molecule has 20 heavy (non-hydrogen) atoms. The maximum Gasteiger partial charge on any atom is 0.0250 e. The van der Waals surface area contributed by atoms with Crippen LogP contribution in [0.1, 0.15) is 58.3 Å². The first-order valence-electron chi connectivity index (χ1n) is 9.10. The number of hydrogen-bond acceptors (Lipinski definition) is 3. The third-order valence-electron chi connectivity index (χ3n) is 5.72. The van der Waals surface area contributed by atoms with Crippen LogP contribution in [0.4, 0.5) is 0 Å². The van der Waals surface area contributed by atoms with E-state index >= 15 is 0 Å². The molecule has 0 radical (unpaired) electrons. The second-order valence-electron chi connectivity index (χ2n) is 7.09. The summed E-state index contributed by atoms with van der Waals surface area (Å²) in [4.78, 5) is 5.59. The number of fused-ring (bicyclic) bond motifs is 1. The average molecular weight is 279 g/mol. The monoisotopic (exact) mass is 279 g/mol. The second kappa shape index (κ2) is 7.24. The van der Waals surface area contributed by atoms with Gasteiger partial charge in [-0.25, -0.2) is 0 Å². The maximum absolute atomic E-state index is 3.86. The lowest BCUT2D eigenvalue weighted by Crippen LogP contribution is -2.58. The fourth-order valence-corrected chi connectivity index (χ4v) is 4.61. The molecule has 0 aromatic heterocycles. The summed E-state index contributed by atoms with van der Waals surface area (Å²) in [6.45, 7) is 8.82. The molecule has 0 aromatic carbocycles. The van der Waals surface area contributed by atoms with Crippen LogP contribution in [0.5, 0.6) is 0 Å². The Morgan fingerprint density at radius 1 is 0.900 bits per heavy atom. The van der Waals surface area contributed by atoms with Crippen molar-refractivity contribution in [2.45, 2.75) is 76.4 Å². The van der Waals surface area contributed by atoms with Gasteiger partial charge in [0.05, 0.1) is 0 Å². The molecule has 3 heteroatoms. The molecule has 3 unspecified atom stereocenters. The van der Waals surface area contributed by atoms with Gasteiger partial charge in [0.15, 0.2) is 0 Å². The molecule has 3 fully saturated rings. The van der Waals surface area contributed by atoms with E-state index in [1.807, 2.05) is 0 Å². The van der Waals surface area contributed by atoms with Gasteiger partial charge < -0.3 is 5.32 Å². The van der Waals surface area contributed by atoms with Crippen LogP contribution < -0.4 is 5.32 Å². The van der Waals surface area contributed by atoms with Gasteiger partial charge in [0, 0.05) is 37.8 Å². The van der Waals surface area contributed by atoms with Crippen LogP contribution in [-0.4, -0.2) is 60.6 Å². The molecule has 2 saturated heterocycles. The van der Waals surface area contributed by atoms with Crippen molar-refractivity contribution in [2.75, 3.05) is 32.7 Å². The summed E-state index contributed by atoms with van der Waals surface area (Å²) < 4.78 is 0. The summed E-state index contributed by atoms with van der Waals surface area (Å²) in [7, 11) is 0. The molecular formula is C17H33N3. The van der Waals surface area contributed by atoms with Gasteiger partial charge in [-0.3, -0.25) is 9.80 Å². The maximum atomic E-state index is 3.86. The molecular weight excluding hydrogens is 246 g/mol. The van der Waals surface area contributed by atoms with Crippen LogP contribution in [0.15, 0.2) is 0 Å². The number of piperazine rings is 1. The molecule has 2 heterocycles. The van der Waals surface area contributed by atoms with Crippen molar-refractivity contribution < 1.29 is 0 Å². The Kier molecular flexibility index (Phi) is 5.36. The van der Waals surface area contributed by atoms with Crippen LogP contribution >= 0.6 is 0 Å². The minimum absolute atomic E-state index is 0.755. The first-order chi connectivity index (χ1) is 9.88. The van der Waals surface area contributed by atoms with E-state index in [0.717, 1.165) is 18.1 Å². The summed E-state index contributed by atoms with van der Waals surface area (Å²) >= 11 is 0. The molecule has 1 N–H and O–H groups in total. The van der Waals surface area contributed by atoms with Crippen molar-refractivity contribution in [1.82, 2.24) is 15.1 Å². The van der Waals surface area contributed by atoms with E-state index < -0.39 is 0 Å². The Balaban J connectivity index is 1.62. The normalized spacial score (nSPS) is 36.8. The van der Waals surface area contributed by atoms with Crippen LogP contribution in [0.2, 0.25) is 0 Å². The van der Waals surface area contributed by atoms with Crippen LogP contribution in [0.25, 0.3) is 0 Å². The van der Waals surface area contributed by atoms with Gasteiger partial charge in [0.2, 0.25) is 0 Å². The van der Waals surface area contributed by atoms with Gasteiger partial charge in [-0.2, -0.15) is 0 Å². The summed E-state index contributed by atoms with van der Waals surface area (Å²) in [5.74, 6) is 0. The van der Waals surface area contributed by atoms with Crippen molar-refractivity contribution in [1.29, 1.82) is 0 Å². The van der Waals surface area contributed by atoms with E-state index in [-0.39, 0.29) is 0 Å². The van der Waals surface area contributed by atoms with Crippen molar-refractivity contribution in [2.24, 2.45) is 0 Å². The molecule has 3 atom stereocenters. The van der Waals surface area contributed by atoms with Gasteiger partial charge in [-0.05, 0) is 45.2 Å². The zero-order chi connectivity index (χ0) is 13.8. The third kappa shape index (κ3) is 3.37. The smallest absolute Gasteiger partial charge is 0.0250 e. The number of hydrogen-bond donors (Lipinski definition) is 1. The molecule has 0 bridgehead atoms. The fourth-order valence-electron chi connectivity index (χ4n) is 4.61. The van der Waals surface area contributed by atoms with Gasteiger partial charge in [-0.15, -0.1) is 0 Å². The van der Waals surface area contributed by atoms with Crippen LogP contribution in [-0.2, 0) is 0 Å². The van der Waals surface area contributed by atoms with E-state index in [1.165, 1.54) is 84.1 Å². The van der Waals surface area contributed by atoms with Crippen LogP contribution in [0, 0.1) is 0 Å². The Bertz CT molecular complexity index is 294. The minimum atomic E-state index is 0.755. The highest BCUT2D eigenvalue weighted by Gasteiger charge is 2.36. The molecule has 1 aliphatic carbocycles. The van der Waals surface area contributed by atoms with Crippen molar-refractivity contribution in [3.8, 4) is 0 Å². The summed E-state index contributed by atoms with van der Waals surface area (Å²) in [6.07, 6.45) is 11.3. The van der Waals surface area contributed by atoms with E-state index in [9.17, 15) is 0 Å². The topological polar surface area (TPSA) is 18.5 Å². The van der Waals surface area contributed by atoms with Gasteiger partial charge >= 0.3 is 0 Å². The summed E-state index contributed by atoms with van der Waals surface area (Å²) in [6, 6.07) is 2.44.